The molecule has 0 aliphatic heterocycles. The van der Waals surface area contributed by atoms with Gasteiger partial charge in [0.15, 0.2) is 0 Å². The summed E-state index contributed by atoms with van der Waals surface area (Å²) in [7, 11) is 0. The number of aryl methyl sites for hydroxylation is 4. The van der Waals surface area contributed by atoms with Gasteiger partial charge in [-0.15, -0.1) is 0 Å². The molecule has 4 heteroatoms. The van der Waals surface area contributed by atoms with Crippen LogP contribution in [0.2, 0.25) is 0 Å². The van der Waals surface area contributed by atoms with E-state index in [1.807, 2.05) is 0 Å². The van der Waals surface area contributed by atoms with Crippen molar-refractivity contribution in [3.8, 4) is 0 Å². The Hall–Kier alpha value is -1.96. The van der Waals surface area contributed by atoms with Gasteiger partial charge in [0.05, 0.1) is 0 Å². The fourth-order valence-corrected chi connectivity index (χ4v) is 32.6. The molecule has 2 unspecified atom stereocenters. The van der Waals surface area contributed by atoms with Gasteiger partial charge in [-0.05, 0) is 0 Å². The molecule has 2 aliphatic rings. The van der Waals surface area contributed by atoms with Gasteiger partial charge in [-0.1, -0.05) is 0 Å². The first-order chi connectivity index (χ1) is 18.4. The third-order valence-corrected chi connectivity index (χ3v) is 29.8. The number of benzene rings is 4. The van der Waals surface area contributed by atoms with Crippen LogP contribution in [-0.4, -0.2) is 5.43 Å². The molecule has 0 aromatic heterocycles. The van der Waals surface area contributed by atoms with Gasteiger partial charge < -0.3 is 24.8 Å². The van der Waals surface area contributed by atoms with Crippen LogP contribution in [0.15, 0.2) is 96.1 Å². The predicted molar refractivity (Wildman–Crippen MR) is 163 cm³/mol. The van der Waals surface area contributed by atoms with E-state index in [0.29, 0.717) is 7.25 Å². The number of rotatable bonds is 4. The van der Waals surface area contributed by atoms with E-state index in [4.69, 9.17) is 0 Å². The Morgan fingerprint density at radius 3 is 1.20 bits per heavy atom. The van der Waals surface area contributed by atoms with Gasteiger partial charge in [-0.3, -0.25) is 0 Å². The first-order valence-corrected chi connectivity index (χ1v) is 21.8. The van der Waals surface area contributed by atoms with E-state index in [1.54, 1.807) is 32.6 Å². The van der Waals surface area contributed by atoms with Gasteiger partial charge in [-0.25, -0.2) is 0 Å². The summed E-state index contributed by atoms with van der Waals surface area (Å²) in [6, 6.07) is 32.6. The second kappa shape index (κ2) is 12.5. The zero-order valence-electron chi connectivity index (χ0n) is 24.1. The van der Waals surface area contributed by atoms with Crippen molar-refractivity contribution in [3.63, 3.8) is 0 Å². The quantitative estimate of drug-likeness (QED) is 0.295. The molecule has 0 bridgehead atoms. The van der Waals surface area contributed by atoms with E-state index in [9.17, 15) is 0 Å². The molecule has 0 saturated carbocycles. The summed E-state index contributed by atoms with van der Waals surface area (Å²) in [6.45, 7) is 14.2. The first kappa shape index (κ1) is 31.0. The molecule has 0 nitrogen and oxygen atoms in total. The molecule has 2 atom stereocenters. The summed E-state index contributed by atoms with van der Waals surface area (Å²) in [5, 5.41) is 3.19. The molecule has 202 valence electrons. The molecule has 0 radical (unpaired) electrons. The smallest absolute Gasteiger partial charge is 1.00 e. The van der Waals surface area contributed by atoms with Crippen LogP contribution in [0.5, 0.6) is 0 Å². The number of fused-ring (bicyclic) bond motifs is 2. The molecule has 2 aliphatic carbocycles. The topological polar surface area (TPSA) is 0 Å². The number of hydrogen-bond acceptors (Lipinski definition) is 0. The Labute approximate surface area is 260 Å². The molecular weight excluding hydrogens is 623 g/mol. The van der Waals surface area contributed by atoms with E-state index in [1.165, 1.54) is 33.4 Å². The van der Waals surface area contributed by atoms with E-state index in [-0.39, 0.29) is 24.8 Å². The minimum atomic E-state index is -2.49. The van der Waals surface area contributed by atoms with Gasteiger partial charge in [0, 0.05) is 0 Å². The van der Waals surface area contributed by atoms with Crippen LogP contribution in [0.3, 0.4) is 0 Å². The van der Waals surface area contributed by atoms with Crippen molar-refractivity contribution < 1.29 is 45.2 Å². The standard InChI is InChI=1S/C12H10Si.2C12H13.2ClH.Zr/c1-3-7-11(8-4-1)13-12-9-5-2-6-10-12;2*1-8-6-11-9(2)4-5-10(3)12(11)7-8;;;/h1-10H;2*4-7H,1-3H3;2*1H;/q;;;;;+2/p-2. The molecule has 0 spiro atoms. The van der Waals surface area contributed by atoms with E-state index < -0.39 is 25.8 Å². The fraction of sp³-hybridized carbons (Fsp3) is 0.222. The summed E-state index contributed by atoms with van der Waals surface area (Å²) in [4.78, 5) is 0. The minimum absolute atomic E-state index is 0. The Morgan fingerprint density at radius 1 is 0.475 bits per heavy atom. The van der Waals surface area contributed by atoms with E-state index in [2.05, 4.69) is 139 Å². The Kier molecular flexibility index (Phi) is 9.68. The summed E-state index contributed by atoms with van der Waals surface area (Å²) in [5.41, 5.74) is 14.3. The molecule has 6 rings (SSSR count). The first-order valence-electron chi connectivity index (χ1n) is 13.8. The summed E-state index contributed by atoms with van der Waals surface area (Å²) in [5.74, 6) is 0. The SMILES string of the molecule is CC1=Cc2c(C)ccc(C)c2[CH]1[Zr+2]([CH]1C(C)=Cc2c(C)ccc(C)c21)=[Si](c1ccccc1)c1ccccc1.[Cl-].[Cl-]. The van der Waals surface area contributed by atoms with Gasteiger partial charge in [0.1, 0.15) is 0 Å². The maximum atomic E-state index is 2.55. The van der Waals surface area contributed by atoms with Crippen LogP contribution in [-0.2, 0) is 20.4 Å². The molecular formula is C36H36Cl2SiZr. The molecule has 40 heavy (non-hydrogen) atoms. The zero-order chi connectivity index (χ0) is 26.6. The minimum Gasteiger partial charge on any atom is -1.00 e. The Morgan fingerprint density at radius 2 is 0.825 bits per heavy atom. The molecule has 0 amide bonds. The molecule has 0 saturated heterocycles. The van der Waals surface area contributed by atoms with Gasteiger partial charge in [-0.2, -0.15) is 0 Å². The molecule has 0 fully saturated rings. The fourth-order valence-electron chi connectivity index (χ4n) is 6.90. The van der Waals surface area contributed by atoms with Crippen molar-refractivity contribution in [1.82, 2.24) is 0 Å². The second-order valence-corrected chi connectivity index (χ2v) is 25.3. The van der Waals surface area contributed by atoms with Crippen molar-refractivity contribution >= 4 is 28.0 Å². The van der Waals surface area contributed by atoms with Gasteiger partial charge in [0.2, 0.25) is 0 Å². The monoisotopic (exact) mass is 656 g/mol. The second-order valence-electron chi connectivity index (χ2n) is 11.3. The third kappa shape index (κ3) is 5.22. The van der Waals surface area contributed by atoms with Crippen LogP contribution in [0, 0.1) is 27.7 Å². The normalized spacial score (nSPS) is 16.4. The van der Waals surface area contributed by atoms with Crippen molar-refractivity contribution in [2.75, 3.05) is 0 Å². The number of hydrogen-bond donors (Lipinski definition) is 0. The average Bonchev–Trinajstić information content (AvgIpc) is 3.46. The van der Waals surface area contributed by atoms with Gasteiger partial charge >= 0.3 is 238 Å². The molecule has 4 aromatic rings. The molecule has 0 N–H and O–H groups in total. The molecule has 4 aromatic carbocycles. The Bertz CT molecular complexity index is 1540. The van der Waals surface area contributed by atoms with Crippen LogP contribution < -0.4 is 35.2 Å². The van der Waals surface area contributed by atoms with Crippen LogP contribution in [0.4, 0.5) is 0 Å². The van der Waals surface area contributed by atoms with E-state index in [0.717, 1.165) is 0 Å². The number of halogens is 2. The maximum absolute atomic E-state index is 2.55. The Balaban J connectivity index is 0.00000185. The predicted octanol–water partition coefficient (Wildman–Crippen LogP) is 1.97. The van der Waals surface area contributed by atoms with Gasteiger partial charge in [0.25, 0.3) is 0 Å². The maximum Gasteiger partial charge on any atom is -1.00 e. The summed E-state index contributed by atoms with van der Waals surface area (Å²) >= 11 is -2.49. The van der Waals surface area contributed by atoms with Crippen molar-refractivity contribution in [2.24, 2.45) is 0 Å². The van der Waals surface area contributed by atoms with Crippen LogP contribution in [0.25, 0.3) is 12.2 Å². The summed E-state index contributed by atoms with van der Waals surface area (Å²) in [6.07, 6.45) is 5.10. The van der Waals surface area contributed by atoms with Crippen molar-refractivity contribution in [3.05, 3.63) is 141 Å². The van der Waals surface area contributed by atoms with Crippen LogP contribution >= 0.6 is 0 Å². The third-order valence-electron chi connectivity index (χ3n) is 8.71. The van der Waals surface area contributed by atoms with E-state index >= 15 is 0 Å². The van der Waals surface area contributed by atoms with Crippen LogP contribution in [0.1, 0.15) is 65.6 Å². The van der Waals surface area contributed by atoms with Crippen molar-refractivity contribution in [2.45, 2.75) is 48.8 Å². The summed E-state index contributed by atoms with van der Waals surface area (Å²) < 4.78 is 1.17. The zero-order valence-corrected chi connectivity index (χ0v) is 29.1. The molecule has 0 heterocycles. The van der Waals surface area contributed by atoms with Crippen molar-refractivity contribution in [1.29, 1.82) is 0 Å². The number of allylic oxidation sites excluding steroid dienone is 2. The average molecular weight is 659 g/mol. The largest absolute Gasteiger partial charge is 1.00 e.